The van der Waals surface area contributed by atoms with Gasteiger partial charge in [0.2, 0.25) is 0 Å². The third-order valence-corrected chi connectivity index (χ3v) is 4.20. The van der Waals surface area contributed by atoms with E-state index in [9.17, 15) is 0 Å². The summed E-state index contributed by atoms with van der Waals surface area (Å²) in [5.74, 6) is 1.91. The predicted molar refractivity (Wildman–Crippen MR) is 74.7 cm³/mol. The molecule has 4 nitrogen and oxygen atoms in total. The van der Waals surface area contributed by atoms with Gasteiger partial charge in [-0.25, -0.2) is 0 Å². The minimum atomic E-state index is 0.730. The van der Waals surface area contributed by atoms with E-state index in [1.54, 1.807) is 0 Å². The SMILES string of the molecule is CCCC1CCN(Cc2cc(CNC3CC3)no2)C1. The minimum Gasteiger partial charge on any atom is -0.360 e. The van der Waals surface area contributed by atoms with E-state index in [1.807, 2.05) is 0 Å². The lowest BCUT2D eigenvalue weighted by molar-refractivity contribution is 0.263. The summed E-state index contributed by atoms with van der Waals surface area (Å²) in [6.45, 7) is 6.49. The topological polar surface area (TPSA) is 41.3 Å². The highest BCUT2D eigenvalue weighted by molar-refractivity contribution is 5.06. The highest BCUT2D eigenvalue weighted by Gasteiger charge is 2.23. The number of hydrogen-bond acceptors (Lipinski definition) is 4. The van der Waals surface area contributed by atoms with Crippen molar-refractivity contribution in [3.05, 3.63) is 17.5 Å². The average Bonchev–Trinajstić information content (AvgIpc) is 2.97. The van der Waals surface area contributed by atoms with E-state index in [4.69, 9.17) is 4.52 Å². The normalized spacial score (nSPS) is 24.2. The van der Waals surface area contributed by atoms with Crippen molar-refractivity contribution in [1.29, 1.82) is 0 Å². The Balaban J connectivity index is 1.44. The molecular weight excluding hydrogens is 238 g/mol. The second-order valence-corrected chi connectivity index (χ2v) is 6.12. The molecule has 0 radical (unpaired) electrons. The van der Waals surface area contributed by atoms with Gasteiger partial charge in [-0.05, 0) is 38.1 Å². The first-order valence-corrected chi connectivity index (χ1v) is 7.73. The van der Waals surface area contributed by atoms with E-state index in [0.29, 0.717) is 0 Å². The Kier molecular flexibility index (Phi) is 4.18. The van der Waals surface area contributed by atoms with Crippen LogP contribution in [0.15, 0.2) is 10.6 Å². The van der Waals surface area contributed by atoms with Gasteiger partial charge in [-0.1, -0.05) is 18.5 Å². The van der Waals surface area contributed by atoms with E-state index < -0.39 is 0 Å². The standard InChI is InChI=1S/C15H25N3O/c1-2-3-12-6-7-18(10-12)11-15-8-14(17-19-15)9-16-13-4-5-13/h8,12-13,16H,2-7,9-11H2,1H3. The Morgan fingerprint density at radius 1 is 1.42 bits per heavy atom. The summed E-state index contributed by atoms with van der Waals surface area (Å²) in [7, 11) is 0. The van der Waals surface area contributed by atoms with Gasteiger partial charge in [0.25, 0.3) is 0 Å². The second kappa shape index (κ2) is 6.06. The Labute approximate surface area is 115 Å². The molecule has 2 heterocycles. The number of likely N-dealkylation sites (tertiary alicyclic amines) is 1. The summed E-state index contributed by atoms with van der Waals surface area (Å²) in [6, 6.07) is 2.84. The second-order valence-electron chi connectivity index (χ2n) is 6.12. The van der Waals surface area contributed by atoms with Gasteiger partial charge < -0.3 is 9.84 Å². The monoisotopic (exact) mass is 263 g/mol. The van der Waals surface area contributed by atoms with E-state index in [1.165, 1.54) is 45.2 Å². The van der Waals surface area contributed by atoms with Crippen molar-refractivity contribution in [2.45, 2.75) is 58.2 Å². The quantitative estimate of drug-likeness (QED) is 0.821. The zero-order chi connectivity index (χ0) is 13.1. The van der Waals surface area contributed by atoms with Crippen LogP contribution in [0, 0.1) is 5.92 Å². The van der Waals surface area contributed by atoms with Crippen LogP contribution in [0.25, 0.3) is 0 Å². The fourth-order valence-electron chi connectivity index (χ4n) is 2.97. The van der Waals surface area contributed by atoms with E-state index in [2.05, 4.69) is 28.4 Å². The van der Waals surface area contributed by atoms with Crippen LogP contribution in [-0.4, -0.2) is 29.2 Å². The summed E-state index contributed by atoms with van der Waals surface area (Å²) in [6.07, 6.45) is 6.65. The molecule has 4 heteroatoms. The summed E-state index contributed by atoms with van der Waals surface area (Å²) in [5.41, 5.74) is 1.05. The molecule has 3 rings (SSSR count). The van der Waals surface area contributed by atoms with Crippen LogP contribution in [-0.2, 0) is 13.1 Å². The van der Waals surface area contributed by atoms with Gasteiger partial charge in [-0.15, -0.1) is 0 Å². The molecule has 1 N–H and O–H groups in total. The van der Waals surface area contributed by atoms with Crippen molar-refractivity contribution in [2.75, 3.05) is 13.1 Å². The molecule has 1 saturated heterocycles. The van der Waals surface area contributed by atoms with Gasteiger partial charge in [0, 0.05) is 25.2 Å². The van der Waals surface area contributed by atoms with E-state index in [-0.39, 0.29) is 0 Å². The molecule has 106 valence electrons. The number of nitrogens with one attached hydrogen (secondary N) is 1. The number of aromatic nitrogens is 1. The first-order valence-electron chi connectivity index (χ1n) is 7.73. The van der Waals surface area contributed by atoms with Crippen LogP contribution in [0.3, 0.4) is 0 Å². The molecule has 2 fully saturated rings. The fraction of sp³-hybridized carbons (Fsp3) is 0.800. The molecule has 19 heavy (non-hydrogen) atoms. The van der Waals surface area contributed by atoms with Crippen molar-refractivity contribution in [3.8, 4) is 0 Å². The summed E-state index contributed by atoms with van der Waals surface area (Å²) in [4.78, 5) is 2.50. The lowest BCUT2D eigenvalue weighted by Gasteiger charge is -2.13. The maximum atomic E-state index is 5.44. The molecule has 1 aromatic heterocycles. The summed E-state index contributed by atoms with van der Waals surface area (Å²) in [5, 5.41) is 7.62. The number of rotatable bonds is 7. The smallest absolute Gasteiger partial charge is 0.151 e. The van der Waals surface area contributed by atoms with Crippen LogP contribution in [0.1, 0.15) is 50.5 Å². The minimum absolute atomic E-state index is 0.730. The molecule has 1 aliphatic carbocycles. The molecule has 0 bridgehead atoms. The third-order valence-electron chi connectivity index (χ3n) is 4.20. The molecule has 2 aliphatic rings. The zero-order valence-corrected chi connectivity index (χ0v) is 11.9. The van der Waals surface area contributed by atoms with Crippen LogP contribution >= 0.6 is 0 Å². The molecule has 1 atom stereocenters. The van der Waals surface area contributed by atoms with Gasteiger partial charge in [0.05, 0.1) is 12.2 Å². The Morgan fingerprint density at radius 3 is 3.11 bits per heavy atom. The van der Waals surface area contributed by atoms with Gasteiger partial charge in [0.1, 0.15) is 0 Å². The molecular formula is C15H25N3O. The summed E-state index contributed by atoms with van der Waals surface area (Å²) >= 11 is 0. The molecule has 1 aliphatic heterocycles. The largest absolute Gasteiger partial charge is 0.360 e. The van der Waals surface area contributed by atoms with Crippen molar-refractivity contribution >= 4 is 0 Å². The lowest BCUT2D eigenvalue weighted by atomic mass is 10.0. The number of hydrogen-bond donors (Lipinski definition) is 1. The van der Waals surface area contributed by atoms with Crippen molar-refractivity contribution < 1.29 is 4.52 Å². The lowest BCUT2D eigenvalue weighted by Crippen LogP contribution is -2.19. The zero-order valence-electron chi connectivity index (χ0n) is 11.9. The highest BCUT2D eigenvalue weighted by Crippen LogP contribution is 2.23. The van der Waals surface area contributed by atoms with Crippen LogP contribution < -0.4 is 5.32 Å². The first-order chi connectivity index (χ1) is 9.33. The maximum Gasteiger partial charge on any atom is 0.151 e. The van der Waals surface area contributed by atoms with Crippen molar-refractivity contribution in [1.82, 2.24) is 15.4 Å². The molecule has 1 aromatic rings. The van der Waals surface area contributed by atoms with Crippen LogP contribution in [0.5, 0.6) is 0 Å². The molecule has 0 amide bonds. The fourth-order valence-corrected chi connectivity index (χ4v) is 2.97. The average molecular weight is 263 g/mol. The van der Waals surface area contributed by atoms with E-state index >= 15 is 0 Å². The Morgan fingerprint density at radius 2 is 2.32 bits per heavy atom. The molecule has 1 unspecified atom stereocenters. The van der Waals surface area contributed by atoms with Crippen molar-refractivity contribution in [3.63, 3.8) is 0 Å². The Hall–Kier alpha value is -0.870. The summed E-state index contributed by atoms with van der Waals surface area (Å²) < 4.78 is 5.44. The van der Waals surface area contributed by atoms with Gasteiger partial charge in [-0.2, -0.15) is 0 Å². The number of nitrogens with zero attached hydrogens (tertiary/aromatic N) is 2. The van der Waals surface area contributed by atoms with Crippen LogP contribution in [0.4, 0.5) is 0 Å². The molecule has 1 saturated carbocycles. The van der Waals surface area contributed by atoms with E-state index in [0.717, 1.165) is 36.5 Å². The van der Waals surface area contributed by atoms with Gasteiger partial charge >= 0.3 is 0 Å². The molecule has 0 spiro atoms. The first kappa shape index (κ1) is 13.1. The molecule has 0 aromatic carbocycles. The van der Waals surface area contributed by atoms with Gasteiger partial charge in [0.15, 0.2) is 5.76 Å². The maximum absolute atomic E-state index is 5.44. The predicted octanol–water partition coefficient (Wildman–Crippen LogP) is 2.55. The van der Waals surface area contributed by atoms with Crippen LogP contribution in [0.2, 0.25) is 0 Å². The highest BCUT2D eigenvalue weighted by atomic mass is 16.5. The van der Waals surface area contributed by atoms with Gasteiger partial charge in [-0.3, -0.25) is 4.90 Å². The Bertz CT molecular complexity index is 400. The third kappa shape index (κ3) is 3.80. The van der Waals surface area contributed by atoms with Crippen molar-refractivity contribution in [2.24, 2.45) is 5.92 Å².